The summed E-state index contributed by atoms with van der Waals surface area (Å²) >= 11 is 0. The second kappa shape index (κ2) is 7.67. The van der Waals surface area contributed by atoms with Crippen LogP contribution >= 0.6 is 0 Å². The highest BCUT2D eigenvalue weighted by atomic mass is 16.1. The van der Waals surface area contributed by atoms with Crippen molar-refractivity contribution in [2.24, 2.45) is 0 Å². The molecule has 0 aliphatic rings. The molecule has 0 saturated carbocycles. The average Bonchev–Trinajstić information content (AvgIpc) is 3.09. The number of benzene rings is 1. The Morgan fingerprint density at radius 3 is 2.50 bits per heavy atom. The van der Waals surface area contributed by atoms with Crippen LogP contribution in [-0.2, 0) is 5.41 Å². The van der Waals surface area contributed by atoms with Crippen molar-refractivity contribution in [2.75, 3.05) is 20.6 Å². The Bertz CT molecular complexity index is 969. The summed E-state index contributed by atoms with van der Waals surface area (Å²) in [5.74, 6) is 0.218. The first-order valence-corrected chi connectivity index (χ1v) is 9.39. The molecule has 0 fully saturated rings. The number of carbonyl (C=O) groups is 1. The fourth-order valence-electron chi connectivity index (χ4n) is 3.13. The smallest absolute Gasteiger partial charge is 0.270 e. The van der Waals surface area contributed by atoms with Gasteiger partial charge in [-0.05, 0) is 32.6 Å². The monoisotopic (exact) mass is 380 g/mol. The molecular formula is C21H28N6O. The molecule has 148 valence electrons. The van der Waals surface area contributed by atoms with Crippen molar-refractivity contribution in [3.8, 4) is 0 Å². The predicted molar refractivity (Wildman–Crippen MR) is 109 cm³/mol. The van der Waals surface area contributed by atoms with Gasteiger partial charge in [-0.2, -0.15) is 10.1 Å². The van der Waals surface area contributed by atoms with Crippen molar-refractivity contribution in [3.05, 3.63) is 59.2 Å². The van der Waals surface area contributed by atoms with E-state index < -0.39 is 0 Å². The Morgan fingerprint density at radius 2 is 1.89 bits per heavy atom. The molecule has 0 saturated heterocycles. The van der Waals surface area contributed by atoms with E-state index >= 15 is 0 Å². The number of hydrogen-bond acceptors (Lipinski definition) is 5. The number of likely N-dealkylation sites (N-methyl/N-ethyl adjacent to an activating group) is 1. The van der Waals surface area contributed by atoms with Crippen molar-refractivity contribution in [1.29, 1.82) is 0 Å². The standard InChI is InChI=1S/C21H28N6O/c1-14-7-9-15(10-8-14)17(26(5)6)12-22-19(28)16-11-18(21(2,3)4)27-20(25-16)23-13-24-27/h7-11,13,17H,12H2,1-6H3,(H,22,28). The van der Waals surface area contributed by atoms with Crippen molar-refractivity contribution in [3.63, 3.8) is 0 Å². The lowest BCUT2D eigenvalue weighted by Crippen LogP contribution is -2.35. The SMILES string of the molecule is Cc1ccc(C(CNC(=O)c2cc(C(C)(C)C)n3ncnc3n2)N(C)C)cc1. The van der Waals surface area contributed by atoms with Crippen LogP contribution in [0.4, 0.5) is 0 Å². The number of carbonyl (C=O) groups excluding carboxylic acids is 1. The third-order valence-electron chi connectivity index (χ3n) is 4.79. The lowest BCUT2D eigenvalue weighted by atomic mass is 9.91. The summed E-state index contributed by atoms with van der Waals surface area (Å²) < 4.78 is 1.69. The lowest BCUT2D eigenvalue weighted by molar-refractivity contribution is 0.0936. The van der Waals surface area contributed by atoms with Crippen molar-refractivity contribution in [1.82, 2.24) is 29.8 Å². The maximum Gasteiger partial charge on any atom is 0.270 e. The van der Waals surface area contributed by atoms with Crippen LogP contribution in [0.1, 0.15) is 54.1 Å². The summed E-state index contributed by atoms with van der Waals surface area (Å²) in [7, 11) is 4.02. The first kappa shape index (κ1) is 19.9. The van der Waals surface area contributed by atoms with Gasteiger partial charge in [-0.1, -0.05) is 50.6 Å². The quantitative estimate of drug-likeness (QED) is 0.737. The normalized spacial score (nSPS) is 13.1. The van der Waals surface area contributed by atoms with Gasteiger partial charge in [-0.3, -0.25) is 4.79 Å². The summed E-state index contributed by atoms with van der Waals surface area (Å²) in [4.78, 5) is 23.5. The minimum absolute atomic E-state index is 0.0726. The molecule has 2 heterocycles. The van der Waals surface area contributed by atoms with Gasteiger partial charge in [0.15, 0.2) is 0 Å². The number of nitrogens with one attached hydrogen (secondary N) is 1. The Morgan fingerprint density at radius 1 is 1.21 bits per heavy atom. The Kier molecular flexibility index (Phi) is 5.47. The number of aromatic nitrogens is 4. The summed E-state index contributed by atoms with van der Waals surface area (Å²) in [6.07, 6.45) is 1.46. The van der Waals surface area contributed by atoms with E-state index in [9.17, 15) is 4.79 Å². The summed E-state index contributed by atoms with van der Waals surface area (Å²) in [5.41, 5.74) is 3.42. The summed E-state index contributed by atoms with van der Waals surface area (Å²) in [5, 5.41) is 7.26. The zero-order chi connectivity index (χ0) is 20.5. The average molecular weight is 380 g/mol. The minimum Gasteiger partial charge on any atom is -0.349 e. The number of rotatable bonds is 5. The van der Waals surface area contributed by atoms with E-state index in [-0.39, 0.29) is 17.4 Å². The summed E-state index contributed by atoms with van der Waals surface area (Å²) in [6, 6.07) is 10.2. The van der Waals surface area contributed by atoms with Gasteiger partial charge in [0.2, 0.25) is 0 Å². The third kappa shape index (κ3) is 4.20. The molecule has 28 heavy (non-hydrogen) atoms. The van der Waals surface area contributed by atoms with Crippen LogP contribution < -0.4 is 5.32 Å². The fraction of sp³-hybridized carbons (Fsp3) is 0.429. The second-order valence-corrected chi connectivity index (χ2v) is 8.35. The lowest BCUT2D eigenvalue weighted by Gasteiger charge is -2.25. The molecule has 0 aliphatic heterocycles. The van der Waals surface area contributed by atoms with E-state index in [1.165, 1.54) is 11.9 Å². The highest BCUT2D eigenvalue weighted by Crippen LogP contribution is 2.23. The number of hydrogen-bond donors (Lipinski definition) is 1. The fourth-order valence-corrected chi connectivity index (χ4v) is 3.13. The van der Waals surface area contributed by atoms with Gasteiger partial charge in [0.1, 0.15) is 12.0 Å². The van der Waals surface area contributed by atoms with Crippen molar-refractivity contribution >= 4 is 11.7 Å². The van der Waals surface area contributed by atoms with Crippen LogP contribution in [0.3, 0.4) is 0 Å². The van der Waals surface area contributed by atoms with Crippen LogP contribution in [0.2, 0.25) is 0 Å². The number of aryl methyl sites for hydroxylation is 1. The number of nitrogens with zero attached hydrogens (tertiary/aromatic N) is 5. The molecular weight excluding hydrogens is 352 g/mol. The number of fused-ring (bicyclic) bond motifs is 1. The maximum atomic E-state index is 12.9. The van der Waals surface area contributed by atoms with Crippen LogP contribution in [-0.4, -0.2) is 51.0 Å². The Hall–Kier alpha value is -2.80. The predicted octanol–water partition coefficient (Wildman–Crippen LogP) is 2.76. The highest BCUT2D eigenvalue weighted by Gasteiger charge is 2.23. The second-order valence-electron chi connectivity index (χ2n) is 8.35. The molecule has 0 spiro atoms. The molecule has 3 rings (SSSR count). The van der Waals surface area contributed by atoms with Gasteiger partial charge in [0, 0.05) is 12.0 Å². The Balaban J connectivity index is 1.83. The van der Waals surface area contributed by atoms with Gasteiger partial charge in [0.25, 0.3) is 11.7 Å². The largest absolute Gasteiger partial charge is 0.349 e. The molecule has 0 bridgehead atoms. The van der Waals surface area contributed by atoms with Crippen molar-refractivity contribution < 1.29 is 4.79 Å². The topological polar surface area (TPSA) is 75.4 Å². The van der Waals surface area contributed by atoms with Crippen LogP contribution in [0, 0.1) is 6.92 Å². The first-order valence-electron chi connectivity index (χ1n) is 9.39. The van der Waals surface area contributed by atoms with E-state index in [4.69, 9.17) is 0 Å². The van der Waals surface area contributed by atoms with E-state index in [2.05, 4.69) is 77.2 Å². The van der Waals surface area contributed by atoms with Gasteiger partial charge < -0.3 is 10.2 Å². The van der Waals surface area contributed by atoms with Gasteiger partial charge in [-0.15, -0.1) is 0 Å². The first-order chi connectivity index (χ1) is 13.2. The van der Waals surface area contributed by atoms with E-state index in [0.717, 1.165) is 11.3 Å². The molecule has 7 nitrogen and oxygen atoms in total. The van der Waals surface area contributed by atoms with Crippen LogP contribution in [0.25, 0.3) is 5.78 Å². The number of amides is 1. The van der Waals surface area contributed by atoms with Crippen molar-refractivity contribution in [2.45, 2.75) is 39.2 Å². The zero-order valence-corrected chi connectivity index (χ0v) is 17.4. The van der Waals surface area contributed by atoms with Gasteiger partial charge >= 0.3 is 0 Å². The molecule has 3 aromatic rings. The molecule has 1 aromatic carbocycles. The molecule has 1 N–H and O–H groups in total. The highest BCUT2D eigenvalue weighted by molar-refractivity contribution is 5.92. The van der Waals surface area contributed by atoms with E-state index in [1.807, 2.05) is 14.1 Å². The molecule has 1 unspecified atom stereocenters. The zero-order valence-electron chi connectivity index (χ0n) is 17.4. The van der Waals surface area contributed by atoms with Crippen LogP contribution in [0.15, 0.2) is 36.7 Å². The van der Waals surface area contributed by atoms with Gasteiger partial charge in [-0.25, -0.2) is 9.50 Å². The Labute approximate surface area is 165 Å². The molecule has 2 aromatic heterocycles. The molecule has 1 atom stereocenters. The van der Waals surface area contributed by atoms with E-state index in [0.29, 0.717) is 18.0 Å². The van der Waals surface area contributed by atoms with Crippen LogP contribution in [0.5, 0.6) is 0 Å². The maximum absolute atomic E-state index is 12.9. The molecule has 0 radical (unpaired) electrons. The molecule has 7 heteroatoms. The summed E-state index contributed by atoms with van der Waals surface area (Å²) in [6.45, 7) is 8.77. The minimum atomic E-state index is -0.213. The van der Waals surface area contributed by atoms with Gasteiger partial charge in [0.05, 0.1) is 11.7 Å². The van der Waals surface area contributed by atoms with E-state index in [1.54, 1.807) is 10.6 Å². The molecule has 1 amide bonds. The third-order valence-corrected chi connectivity index (χ3v) is 4.79. The molecule has 0 aliphatic carbocycles.